The van der Waals surface area contributed by atoms with Gasteiger partial charge in [0.2, 0.25) is 0 Å². The molecule has 3 aromatic carbocycles. The first-order chi connectivity index (χ1) is 14.2. The van der Waals surface area contributed by atoms with Crippen LogP contribution in [0.3, 0.4) is 0 Å². The molecule has 1 radical (unpaired) electrons. The summed E-state index contributed by atoms with van der Waals surface area (Å²) in [6, 6.07) is 22.4. The first-order valence-electron chi connectivity index (χ1n) is 8.77. The SMILES string of the molecule is [Cu+2].[O-]/C(=N\N=C\c1c([O-])ccc2ccccc12)c1ccccc1O.c1ccncc1. The van der Waals surface area contributed by atoms with Gasteiger partial charge >= 0.3 is 17.1 Å². The quantitative estimate of drug-likeness (QED) is 0.226. The molecular weight excluding hydrogens is 430 g/mol. The molecule has 4 rings (SSSR count). The molecule has 0 aliphatic heterocycles. The molecule has 0 aliphatic rings. The van der Waals surface area contributed by atoms with Crippen LogP contribution in [0.5, 0.6) is 11.5 Å². The fourth-order valence-corrected chi connectivity index (χ4v) is 2.57. The normalized spacial score (nSPS) is 10.9. The van der Waals surface area contributed by atoms with Crippen LogP contribution in [-0.2, 0) is 17.1 Å². The first kappa shape index (κ1) is 22.6. The molecule has 4 aromatic rings. The van der Waals surface area contributed by atoms with Crippen LogP contribution >= 0.6 is 0 Å². The van der Waals surface area contributed by atoms with Gasteiger partial charge in [-0.15, -0.1) is 0 Å². The summed E-state index contributed by atoms with van der Waals surface area (Å²) in [7, 11) is 0. The fourth-order valence-electron chi connectivity index (χ4n) is 2.57. The Kier molecular flexibility index (Phi) is 8.56. The van der Waals surface area contributed by atoms with Crippen LogP contribution in [0, 0.1) is 0 Å². The van der Waals surface area contributed by atoms with E-state index in [9.17, 15) is 15.3 Å². The van der Waals surface area contributed by atoms with Crippen molar-refractivity contribution in [2.75, 3.05) is 0 Å². The summed E-state index contributed by atoms with van der Waals surface area (Å²) >= 11 is 0. The second-order valence-electron chi connectivity index (χ2n) is 5.89. The molecular formula is C23H17CuN3O3. The monoisotopic (exact) mass is 446 g/mol. The van der Waals surface area contributed by atoms with Crippen LogP contribution in [0.25, 0.3) is 10.8 Å². The van der Waals surface area contributed by atoms with Gasteiger partial charge in [0, 0.05) is 23.9 Å². The van der Waals surface area contributed by atoms with E-state index < -0.39 is 5.90 Å². The van der Waals surface area contributed by atoms with Gasteiger partial charge < -0.3 is 15.3 Å². The minimum Gasteiger partial charge on any atom is -0.872 e. The Labute approximate surface area is 184 Å². The molecule has 7 heteroatoms. The van der Waals surface area contributed by atoms with E-state index in [1.807, 2.05) is 42.5 Å². The number of phenolic OH excluding ortho intramolecular Hbond substituents is 1. The van der Waals surface area contributed by atoms with E-state index >= 15 is 0 Å². The Morgan fingerprint density at radius 1 is 0.867 bits per heavy atom. The maximum Gasteiger partial charge on any atom is 2.00 e. The molecule has 0 saturated carbocycles. The zero-order valence-electron chi connectivity index (χ0n) is 15.6. The third-order valence-corrected chi connectivity index (χ3v) is 3.97. The van der Waals surface area contributed by atoms with E-state index in [-0.39, 0.29) is 34.1 Å². The minimum atomic E-state index is -0.674. The van der Waals surface area contributed by atoms with Crippen LogP contribution < -0.4 is 10.2 Å². The smallest absolute Gasteiger partial charge is 0.872 e. The molecule has 153 valence electrons. The van der Waals surface area contributed by atoms with Gasteiger partial charge in [-0.25, -0.2) is 0 Å². The number of hydrogen-bond acceptors (Lipinski definition) is 6. The van der Waals surface area contributed by atoms with Crippen molar-refractivity contribution in [1.29, 1.82) is 0 Å². The molecule has 0 spiro atoms. The number of pyridine rings is 1. The topological polar surface area (TPSA) is 104 Å². The van der Waals surface area contributed by atoms with Gasteiger partial charge in [0.15, 0.2) is 0 Å². The first-order valence-corrected chi connectivity index (χ1v) is 8.77. The summed E-state index contributed by atoms with van der Waals surface area (Å²) in [6.07, 6.45) is 4.77. The number of hydrogen-bond donors (Lipinski definition) is 1. The van der Waals surface area contributed by atoms with Gasteiger partial charge in [-0.2, -0.15) is 10.2 Å². The van der Waals surface area contributed by atoms with Crippen molar-refractivity contribution in [2.24, 2.45) is 10.2 Å². The number of benzene rings is 3. The standard InChI is InChI=1S/C18H14N2O3.C5H5N.Cu/c21-16-8-4-3-7-14(16)18(23)20-19-11-15-13-6-2-1-5-12(13)9-10-17(15)22;1-2-4-6-5-3-1;/h1-11,21-22H,(H,20,23);1-5H;/q;;+2/p-2/b19-11+;;. The van der Waals surface area contributed by atoms with Gasteiger partial charge in [0.25, 0.3) is 0 Å². The van der Waals surface area contributed by atoms with E-state index in [4.69, 9.17) is 0 Å². The van der Waals surface area contributed by atoms with E-state index in [1.165, 1.54) is 24.4 Å². The zero-order chi connectivity index (χ0) is 20.5. The Bertz CT molecular complexity index is 1120. The van der Waals surface area contributed by atoms with E-state index in [1.54, 1.807) is 30.6 Å². The van der Waals surface area contributed by atoms with Crippen molar-refractivity contribution in [2.45, 2.75) is 0 Å². The van der Waals surface area contributed by atoms with Gasteiger partial charge in [-0.05, 0) is 34.5 Å². The Morgan fingerprint density at radius 3 is 2.23 bits per heavy atom. The van der Waals surface area contributed by atoms with Crippen LogP contribution in [0.1, 0.15) is 11.1 Å². The van der Waals surface area contributed by atoms with Gasteiger partial charge in [0.1, 0.15) is 5.75 Å². The molecule has 0 atom stereocenters. The zero-order valence-corrected chi connectivity index (χ0v) is 16.6. The summed E-state index contributed by atoms with van der Waals surface area (Å²) in [5.74, 6) is -1.03. The van der Waals surface area contributed by atoms with Crippen LogP contribution in [0.15, 0.2) is 101 Å². The van der Waals surface area contributed by atoms with Crippen molar-refractivity contribution in [1.82, 2.24) is 4.98 Å². The predicted octanol–water partition coefficient (Wildman–Crippen LogP) is 2.84. The van der Waals surface area contributed by atoms with Crippen molar-refractivity contribution < 1.29 is 32.4 Å². The molecule has 0 amide bonds. The van der Waals surface area contributed by atoms with E-state index in [0.29, 0.717) is 5.56 Å². The molecule has 1 aromatic heterocycles. The summed E-state index contributed by atoms with van der Waals surface area (Å²) in [5, 5.41) is 42.3. The number of phenols is 1. The second kappa shape index (κ2) is 11.4. The maximum atomic E-state index is 12.0. The minimum absolute atomic E-state index is 0. The van der Waals surface area contributed by atoms with Crippen molar-refractivity contribution >= 4 is 22.9 Å². The molecule has 0 saturated heterocycles. The Hall–Kier alpha value is -3.67. The predicted molar refractivity (Wildman–Crippen MR) is 110 cm³/mol. The van der Waals surface area contributed by atoms with Gasteiger partial charge in [0.05, 0.1) is 6.21 Å². The number of aromatic hydroxyl groups is 1. The molecule has 1 heterocycles. The van der Waals surface area contributed by atoms with Crippen molar-refractivity contribution in [3.63, 3.8) is 0 Å². The summed E-state index contributed by atoms with van der Waals surface area (Å²) in [6.45, 7) is 0. The van der Waals surface area contributed by atoms with Crippen LogP contribution in [-0.4, -0.2) is 22.2 Å². The Balaban J connectivity index is 0.000000395. The summed E-state index contributed by atoms with van der Waals surface area (Å²) < 4.78 is 0. The number of aromatic nitrogens is 1. The molecule has 30 heavy (non-hydrogen) atoms. The number of fused-ring (bicyclic) bond motifs is 1. The molecule has 0 bridgehead atoms. The van der Waals surface area contributed by atoms with E-state index in [2.05, 4.69) is 15.2 Å². The van der Waals surface area contributed by atoms with Crippen LogP contribution in [0.4, 0.5) is 0 Å². The third-order valence-electron chi connectivity index (χ3n) is 3.97. The van der Waals surface area contributed by atoms with Gasteiger partial charge in [-0.3, -0.25) is 4.98 Å². The maximum absolute atomic E-state index is 12.0. The molecule has 6 nitrogen and oxygen atoms in total. The van der Waals surface area contributed by atoms with Crippen molar-refractivity contribution in [3.8, 4) is 11.5 Å². The second-order valence-corrected chi connectivity index (χ2v) is 5.89. The molecule has 0 fully saturated rings. The Morgan fingerprint density at radius 2 is 1.57 bits per heavy atom. The molecule has 1 N–H and O–H groups in total. The number of nitrogens with zero attached hydrogens (tertiary/aromatic N) is 3. The summed E-state index contributed by atoms with van der Waals surface area (Å²) in [4.78, 5) is 3.78. The average Bonchev–Trinajstić information content (AvgIpc) is 2.77. The van der Waals surface area contributed by atoms with E-state index in [0.717, 1.165) is 10.8 Å². The largest absolute Gasteiger partial charge is 2.00 e. The van der Waals surface area contributed by atoms with Crippen molar-refractivity contribution in [3.05, 3.63) is 102 Å². The van der Waals surface area contributed by atoms with Gasteiger partial charge in [-0.1, -0.05) is 66.4 Å². The number of para-hydroxylation sites is 1. The average molecular weight is 447 g/mol. The fraction of sp³-hybridized carbons (Fsp3) is 0. The summed E-state index contributed by atoms with van der Waals surface area (Å²) in [5.41, 5.74) is 0.432. The van der Waals surface area contributed by atoms with Crippen LogP contribution in [0.2, 0.25) is 0 Å². The third kappa shape index (κ3) is 5.91. The number of rotatable bonds is 3. The molecule has 0 unspecified atom stereocenters. The molecule has 0 aliphatic carbocycles.